The van der Waals surface area contributed by atoms with Crippen molar-refractivity contribution in [2.75, 3.05) is 19.6 Å². The van der Waals surface area contributed by atoms with E-state index in [1.165, 1.54) is 63.7 Å². The Morgan fingerprint density at radius 2 is 2.00 bits per heavy atom. The largest absolute Gasteiger partial charge is 0.308 e. The summed E-state index contributed by atoms with van der Waals surface area (Å²) in [6.07, 6.45) is 8.25. The molecular formula is C19H30N2. The van der Waals surface area contributed by atoms with E-state index >= 15 is 0 Å². The van der Waals surface area contributed by atoms with E-state index in [2.05, 4.69) is 41.4 Å². The summed E-state index contributed by atoms with van der Waals surface area (Å²) < 4.78 is 0. The van der Waals surface area contributed by atoms with Crippen molar-refractivity contribution >= 4 is 0 Å². The minimum Gasteiger partial charge on any atom is -0.308 e. The monoisotopic (exact) mass is 286 g/mol. The molecule has 0 aliphatic carbocycles. The minimum absolute atomic E-state index is 0.641. The first kappa shape index (κ1) is 15.1. The molecule has 2 heterocycles. The molecule has 0 radical (unpaired) electrons. The highest BCUT2D eigenvalue weighted by Gasteiger charge is 2.22. The van der Waals surface area contributed by atoms with Gasteiger partial charge in [-0.1, -0.05) is 44.0 Å². The van der Waals surface area contributed by atoms with Gasteiger partial charge in [0.1, 0.15) is 0 Å². The minimum atomic E-state index is 0.641. The van der Waals surface area contributed by atoms with E-state index in [4.69, 9.17) is 0 Å². The van der Waals surface area contributed by atoms with Gasteiger partial charge >= 0.3 is 0 Å². The van der Waals surface area contributed by atoms with Crippen LogP contribution in [0.25, 0.3) is 0 Å². The third-order valence-electron chi connectivity index (χ3n) is 5.28. The third kappa shape index (κ3) is 4.08. The second kappa shape index (κ2) is 7.42. The Kier molecular flexibility index (Phi) is 5.32. The summed E-state index contributed by atoms with van der Waals surface area (Å²) in [5.74, 6) is 0.986. The molecule has 3 rings (SSSR count). The average Bonchev–Trinajstić information content (AvgIpc) is 2.73. The van der Waals surface area contributed by atoms with Gasteiger partial charge in [-0.3, -0.25) is 0 Å². The van der Waals surface area contributed by atoms with Gasteiger partial charge < -0.3 is 10.2 Å². The molecular weight excluding hydrogens is 256 g/mol. The molecule has 2 atom stereocenters. The van der Waals surface area contributed by atoms with E-state index in [9.17, 15) is 0 Å². The second-order valence-corrected chi connectivity index (χ2v) is 6.94. The van der Waals surface area contributed by atoms with Gasteiger partial charge in [-0.05, 0) is 55.8 Å². The fraction of sp³-hybridized carbons (Fsp3) is 0.684. The summed E-state index contributed by atoms with van der Waals surface area (Å²) in [5, 5.41) is 3.74. The van der Waals surface area contributed by atoms with Crippen LogP contribution >= 0.6 is 0 Å². The van der Waals surface area contributed by atoms with Crippen LogP contribution in [-0.4, -0.2) is 30.6 Å². The van der Waals surface area contributed by atoms with Gasteiger partial charge in [0, 0.05) is 19.1 Å². The Bertz CT molecular complexity index is 443. The standard InChI is InChI=1S/C19H30N2/c1-2-6-16-7-5-11-21(12-10-16)15-19-13-17-8-3-4-9-18(17)14-20-19/h3-4,8-9,16,19-20H,2,5-7,10-15H2,1H3. The second-order valence-electron chi connectivity index (χ2n) is 6.94. The van der Waals surface area contributed by atoms with Gasteiger partial charge in [0.15, 0.2) is 0 Å². The van der Waals surface area contributed by atoms with Crippen molar-refractivity contribution in [3.05, 3.63) is 35.4 Å². The van der Waals surface area contributed by atoms with Crippen molar-refractivity contribution in [3.8, 4) is 0 Å². The molecule has 2 heteroatoms. The van der Waals surface area contributed by atoms with Gasteiger partial charge in [-0.25, -0.2) is 0 Å². The number of nitrogens with one attached hydrogen (secondary N) is 1. The van der Waals surface area contributed by atoms with Crippen LogP contribution in [0, 0.1) is 5.92 Å². The maximum absolute atomic E-state index is 3.74. The van der Waals surface area contributed by atoms with Crippen LogP contribution in [0.1, 0.15) is 50.2 Å². The van der Waals surface area contributed by atoms with E-state index in [0.29, 0.717) is 6.04 Å². The van der Waals surface area contributed by atoms with Crippen molar-refractivity contribution in [2.24, 2.45) is 5.92 Å². The zero-order valence-electron chi connectivity index (χ0n) is 13.5. The molecule has 0 bridgehead atoms. The fourth-order valence-electron chi connectivity index (χ4n) is 4.07. The number of benzene rings is 1. The molecule has 1 aromatic carbocycles. The molecule has 2 unspecified atom stereocenters. The number of hydrogen-bond acceptors (Lipinski definition) is 2. The van der Waals surface area contributed by atoms with Crippen LogP contribution in [-0.2, 0) is 13.0 Å². The molecule has 2 aliphatic heterocycles. The lowest BCUT2D eigenvalue weighted by Crippen LogP contribution is -2.45. The Morgan fingerprint density at radius 3 is 2.86 bits per heavy atom. The zero-order valence-corrected chi connectivity index (χ0v) is 13.5. The van der Waals surface area contributed by atoms with Gasteiger partial charge in [-0.15, -0.1) is 0 Å². The SMILES string of the molecule is CCCC1CCCN(CC2Cc3ccccc3CN2)CC1. The summed E-state index contributed by atoms with van der Waals surface area (Å²) in [6.45, 7) is 7.22. The molecule has 0 spiro atoms. The lowest BCUT2D eigenvalue weighted by molar-refractivity contribution is 0.240. The molecule has 0 saturated carbocycles. The topological polar surface area (TPSA) is 15.3 Å². The first-order valence-electron chi connectivity index (χ1n) is 8.87. The maximum Gasteiger partial charge on any atom is 0.0238 e. The van der Waals surface area contributed by atoms with Crippen LogP contribution in [0.5, 0.6) is 0 Å². The number of rotatable bonds is 4. The van der Waals surface area contributed by atoms with Gasteiger partial charge in [0.25, 0.3) is 0 Å². The highest BCUT2D eigenvalue weighted by Crippen LogP contribution is 2.23. The highest BCUT2D eigenvalue weighted by molar-refractivity contribution is 5.29. The molecule has 1 aromatic rings. The summed E-state index contributed by atoms with van der Waals surface area (Å²) in [4.78, 5) is 2.71. The van der Waals surface area contributed by atoms with Gasteiger partial charge in [0.2, 0.25) is 0 Å². The predicted octanol–water partition coefficient (Wildman–Crippen LogP) is 3.60. The molecule has 0 aromatic heterocycles. The van der Waals surface area contributed by atoms with Crippen LogP contribution in [0.4, 0.5) is 0 Å². The molecule has 2 nitrogen and oxygen atoms in total. The Balaban J connectivity index is 1.51. The summed E-state index contributed by atoms with van der Waals surface area (Å²) in [7, 11) is 0. The Morgan fingerprint density at radius 1 is 1.14 bits per heavy atom. The summed E-state index contributed by atoms with van der Waals surface area (Å²) in [6, 6.07) is 9.55. The van der Waals surface area contributed by atoms with Crippen molar-refractivity contribution in [3.63, 3.8) is 0 Å². The van der Waals surface area contributed by atoms with Crippen molar-refractivity contribution in [1.82, 2.24) is 10.2 Å². The van der Waals surface area contributed by atoms with Crippen molar-refractivity contribution in [2.45, 2.75) is 58.0 Å². The van der Waals surface area contributed by atoms with Crippen molar-refractivity contribution < 1.29 is 0 Å². The van der Waals surface area contributed by atoms with E-state index in [1.807, 2.05) is 0 Å². The fourth-order valence-corrected chi connectivity index (χ4v) is 4.07. The Hall–Kier alpha value is -0.860. The van der Waals surface area contributed by atoms with Crippen LogP contribution in [0.2, 0.25) is 0 Å². The number of fused-ring (bicyclic) bond motifs is 1. The van der Waals surface area contributed by atoms with Crippen LogP contribution < -0.4 is 5.32 Å². The molecule has 0 amide bonds. The van der Waals surface area contributed by atoms with Crippen LogP contribution in [0.15, 0.2) is 24.3 Å². The lowest BCUT2D eigenvalue weighted by atomic mass is 9.95. The number of likely N-dealkylation sites (tertiary alicyclic amines) is 1. The first-order chi connectivity index (χ1) is 10.3. The van der Waals surface area contributed by atoms with E-state index in [1.54, 1.807) is 5.56 Å². The molecule has 116 valence electrons. The Labute approximate surface area is 129 Å². The van der Waals surface area contributed by atoms with Crippen LogP contribution in [0.3, 0.4) is 0 Å². The van der Waals surface area contributed by atoms with Gasteiger partial charge in [0.05, 0.1) is 0 Å². The lowest BCUT2D eigenvalue weighted by Gasteiger charge is -2.31. The summed E-state index contributed by atoms with van der Waals surface area (Å²) in [5.41, 5.74) is 3.05. The first-order valence-corrected chi connectivity index (χ1v) is 8.87. The number of nitrogens with zero attached hydrogens (tertiary/aromatic N) is 1. The van der Waals surface area contributed by atoms with E-state index in [-0.39, 0.29) is 0 Å². The quantitative estimate of drug-likeness (QED) is 0.909. The normalized spacial score (nSPS) is 27.1. The molecule has 1 N–H and O–H groups in total. The highest BCUT2D eigenvalue weighted by atomic mass is 15.1. The molecule has 1 fully saturated rings. The van der Waals surface area contributed by atoms with Crippen molar-refractivity contribution in [1.29, 1.82) is 0 Å². The van der Waals surface area contributed by atoms with E-state index < -0.39 is 0 Å². The molecule has 21 heavy (non-hydrogen) atoms. The predicted molar refractivity (Wildman–Crippen MR) is 89.5 cm³/mol. The third-order valence-corrected chi connectivity index (χ3v) is 5.28. The zero-order chi connectivity index (χ0) is 14.5. The number of hydrogen-bond donors (Lipinski definition) is 1. The molecule has 2 aliphatic rings. The van der Waals surface area contributed by atoms with Gasteiger partial charge in [-0.2, -0.15) is 0 Å². The summed E-state index contributed by atoms with van der Waals surface area (Å²) >= 11 is 0. The average molecular weight is 286 g/mol. The van der Waals surface area contributed by atoms with E-state index in [0.717, 1.165) is 12.5 Å². The smallest absolute Gasteiger partial charge is 0.0238 e. The maximum atomic E-state index is 3.74. The molecule has 1 saturated heterocycles.